The summed E-state index contributed by atoms with van der Waals surface area (Å²) in [7, 11) is 6.23. The van der Waals surface area contributed by atoms with Crippen LogP contribution in [0.2, 0.25) is 0 Å². The fraction of sp³-hybridized carbons (Fsp3) is 0.316. The molecule has 0 spiro atoms. The molecule has 134 valence electrons. The Bertz CT molecular complexity index is 765. The molecule has 0 heterocycles. The van der Waals surface area contributed by atoms with Crippen molar-refractivity contribution in [1.29, 1.82) is 0 Å². The minimum Gasteiger partial charge on any atom is -0.492 e. The van der Waals surface area contributed by atoms with Crippen molar-refractivity contribution in [2.45, 2.75) is 13.3 Å². The first-order valence-electron chi connectivity index (χ1n) is 7.66. The number of hydrogen-bond acceptors (Lipinski definition) is 5. The summed E-state index contributed by atoms with van der Waals surface area (Å²) in [5.74, 6) is 1.14. The summed E-state index contributed by atoms with van der Waals surface area (Å²) in [6, 6.07) is 6.73. The molecule has 1 N–H and O–H groups in total. The molecule has 0 aliphatic heterocycles. The van der Waals surface area contributed by atoms with Crippen LogP contribution in [0.1, 0.15) is 27.0 Å². The number of carboxylic acids is 1. The highest BCUT2D eigenvalue weighted by Crippen LogP contribution is 2.49. The predicted molar refractivity (Wildman–Crippen MR) is 93.6 cm³/mol. The van der Waals surface area contributed by atoms with Gasteiger partial charge in [-0.3, -0.25) is 0 Å². The largest absolute Gasteiger partial charge is 0.492 e. The van der Waals surface area contributed by atoms with Crippen molar-refractivity contribution >= 4 is 5.97 Å². The number of methoxy groups -OCH3 is 4. The van der Waals surface area contributed by atoms with Gasteiger partial charge in [0.15, 0.2) is 11.5 Å². The van der Waals surface area contributed by atoms with E-state index in [1.807, 2.05) is 6.92 Å². The lowest BCUT2D eigenvalue weighted by Crippen LogP contribution is -2.05. The quantitative estimate of drug-likeness (QED) is 0.829. The number of carbonyl (C=O) groups is 1. The number of rotatable bonds is 7. The smallest absolute Gasteiger partial charge is 0.335 e. The Balaban J connectivity index is 2.57. The first-order chi connectivity index (χ1) is 12.0. The molecule has 0 bridgehead atoms. The van der Waals surface area contributed by atoms with Crippen molar-refractivity contribution < 1.29 is 28.8 Å². The fourth-order valence-corrected chi connectivity index (χ4v) is 2.84. The molecular weight excluding hydrogens is 324 g/mol. The van der Waals surface area contributed by atoms with Crippen LogP contribution < -0.4 is 18.9 Å². The van der Waals surface area contributed by atoms with Crippen LogP contribution in [0.25, 0.3) is 0 Å². The van der Waals surface area contributed by atoms with E-state index in [0.717, 1.165) is 16.7 Å². The van der Waals surface area contributed by atoms with Crippen LogP contribution in [0, 0.1) is 6.92 Å². The maximum atomic E-state index is 11.0. The zero-order chi connectivity index (χ0) is 18.6. The molecule has 2 aromatic rings. The molecule has 2 rings (SSSR count). The summed E-state index contributed by atoms with van der Waals surface area (Å²) in [5.41, 5.74) is 2.96. The topological polar surface area (TPSA) is 74.2 Å². The molecule has 0 unspecified atom stereocenters. The third-order valence-corrected chi connectivity index (χ3v) is 4.08. The van der Waals surface area contributed by atoms with Gasteiger partial charge in [-0.15, -0.1) is 0 Å². The molecule has 0 aliphatic carbocycles. The minimum atomic E-state index is -0.951. The van der Waals surface area contributed by atoms with Crippen molar-refractivity contribution in [2.75, 3.05) is 28.4 Å². The standard InChI is InChI=1S/C19H22O6/c1-11-14(10-12-6-8-13(9-7-12)19(20)21)16(23-3)18(25-5)17(24-4)15(11)22-2/h6-9H,10H2,1-5H3,(H,20,21). The van der Waals surface area contributed by atoms with Crippen LogP contribution in [-0.4, -0.2) is 39.5 Å². The summed E-state index contributed by atoms with van der Waals surface area (Å²) in [5, 5.41) is 9.02. The van der Waals surface area contributed by atoms with Crippen molar-refractivity contribution in [2.24, 2.45) is 0 Å². The number of ether oxygens (including phenoxy) is 4. The van der Waals surface area contributed by atoms with Gasteiger partial charge in [-0.2, -0.15) is 0 Å². The highest BCUT2D eigenvalue weighted by molar-refractivity contribution is 5.87. The molecule has 0 saturated carbocycles. The highest BCUT2D eigenvalue weighted by atomic mass is 16.5. The molecule has 0 aromatic heterocycles. The average Bonchev–Trinajstić information content (AvgIpc) is 2.62. The second kappa shape index (κ2) is 7.79. The number of aromatic carboxylic acids is 1. The van der Waals surface area contributed by atoms with Crippen LogP contribution in [0.15, 0.2) is 24.3 Å². The number of benzene rings is 2. The van der Waals surface area contributed by atoms with Gasteiger partial charge >= 0.3 is 5.97 Å². The number of carboxylic acid groups (broad SMARTS) is 1. The van der Waals surface area contributed by atoms with Gasteiger partial charge in [-0.25, -0.2) is 4.79 Å². The van der Waals surface area contributed by atoms with E-state index in [2.05, 4.69) is 0 Å². The zero-order valence-corrected chi connectivity index (χ0v) is 15.0. The molecule has 2 aromatic carbocycles. The molecule has 0 radical (unpaired) electrons. The Kier molecular flexibility index (Phi) is 5.75. The lowest BCUT2D eigenvalue weighted by Gasteiger charge is -2.21. The van der Waals surface area contributed by atoms with E-state index in [9.17, 15) is 4.79 Å². The summed E-state index contributed by atoms with van der Waals surface area (Å²) in [4.78, 5) is 11.0. The second-order valence-corrected chi connectivity index (χ2v) is 5.42. The first kappa shape index (κ1) is 18.4. The molecule has 0 amide bonds. The van der Waals surface area contributed by atoms with E-state index in [4.69, 9.17) is 24.1 Å². The van der Waals surface area contributed by atoms with Crippen molar-refractivity contribution in [3.63, 3.8) is 0 Å². The van der Waals surface area contributed by atoms with Crippen molar-refractivity contribution in [3.8, 4) is 23.0 Å². The highest BCUT2D eigenvalue weighted by Gasteiger charge is 2.25. The van der Waals surface area contributed by atoms with Gasteiger partial charge in [0.25, 0.3) is 0 Å². The Morgan fingerprint density at radius 3 is 1.76 bits per heavy atom. The second-order valence-electron chi connectivity index (χ2n) is 5.42. The van der Waals surface area contributed by atoms with E-state index in [1.165, 1.54) is 0 Å². The molecule has 0 atom stereocenters. The summed E-state index contributed by atoms with van der Waals surface area (Å²) >= 11 is 0. The Labute approximate surface area is 146 Å². The monoisotopic (exact) mass is 346 g/mol. The molecule has 0 saturated heterocycles. The Morgan fingerprint density at radius 2 is 1.32 bits per heavy atom. The van der Waals surface area contributed by atoms with E-state index >= 15 is 0 Å². The predicted octanol–water partition coefficient (Wildman–Crippen LogP) is 3.32. The number of hydrogen-bond donors (Lipinski definition) is 1. The maximum absolute atomic E-state index is 11.0. The van der Waals surface area contributed by atoms with Crippen LogP contribution in [0.5, 0.6) is 23.0 Å². The van der Waals surface area contributed by atoms with E-state index in [1.54, 1.807) is 52.7 Å². The van der Waals surface area contributed by atoms with Gasteiger partial charge in [0.2, 0.25) is 11.5 Å². The molecule has 6 nitrogen and oxygen atoms in total. The molecule has 25 heavy (non-hydrogen) atoms. The third kappa shape index (κ3) is 3.47. The molecule has 6 heteroatoms. The zero-order valence-electron chi connectivity index (χ0n) is 15.0. The van der Waals surface area contributed by atoms with Gasteiger partial charge in [-0.05, 0) is 24.6 Å². The summed E-state index contributed by atoms with van der Waals surface area (Å²) in [6.45, 7) is 1.92. The van der Waals surface area contributed by atoms with Crippen LogP contribution in [0.3, 0.4) is 0 Å². The normalized spacial score (nSPS) is 10.3. The van der Waals surface area contributed by atoms with Crippen LogP contribution in [-0.2, 0) is 6.42 Å². The lowest BCUT2D eigenvalue weighted by molar-refractivity contribution is 0.0697. The van der Waals surface area contributed by atoms with E-state index in [0.29, 0.717) is 29.4 Å². The molecule has 0 aliphatic rings. The van der Waals surface area contributed by atoms with Crippen molar-refractivity contribution in [3.05, 3.63) is 46.5 Å². The van der Waals surface area contributed by atoms with Gasteiger partial charge in [-0.1, -0.05) is 12.1 Å². The lowest BCUT2D eigenvalue weighted by atomic mass is 9.96. The molecule has 0 fully saturated rings. The van der Waals surface area contributed by atoms with Gasteiger partial charge in [0.05, 0.1) is 34.0 Å². The minimum absolute atomic E-state index is 0.248. The van der Waals surface area contributed by atoms with Gasteiger partial charge in [0, 0.05) is 17.5 Å². The van der Waals surface area contributed by atoms with Gasteiger partial charge < -0.3 is 24.1 Å². The van der Waals surface area contributed by atoms with Crippen molar-refractivity contribution in [1.82, 2.24) is 0 Å². The first-order valence-corrected chi connectivity index (χ1v) is 7.66. The van der Waals surface area contributed by atoms with E-state index in [-0.39, 0.29) is 5.56 Å². The molecular formula is C19H22O6. The van der Waals surface area contributed by atoms with Gasteiger partial charge in [0.1, 0.15) is 0 Å². The summed E-state index contributed by atoms with van der Waals surface area (Å²) < 4.78 is 22.0. The third-order valence-electron chi connectivity index (χ3n) is 4.08. The Morgan fingerprint density at radius 1 is 0.840 bits per heavy atom. The van der Waals surface area contributed by atoms with Crippen LogP contribution >= 0.6 is 0 Å². The Hall–Kier alpha value is -2.89. The SMILES string of the molecule is COc1c(C)c(Cc2ccc(C(=O)O)cc2)c(OC)c(OC)c1OC. The van der Waals surface area contributed by atoms with E-state index < -0.39 is 5.97 Å². The maximum Gasteiger partial charge on any atom is 0.335 e. The fourth-order valence-electron chi connectivity index (χ4n) is 2.84. The summed E-state index contributed by atoms with van der Waals surface area (Å²) in [6.07, 6.45) is 0.533. The average molecular weight is 346 g/mol. The van der Waals surface area contributed by atoms with Crippen LogP contribution in [0.4, 0.5) is 0 Å².